The fraction of sp³-hybridized carbons (Fsp3) is 0.900. The second-order valence-electron chi connectivity index (χ2n) is 4.65. The lowest BCUT2D eigenvalue weighted by atomic mass is 10.1. The van der Waals surface area contributed by atoms with Crippen LogP contribution in [0.5, 0.6) is 0 Å². The fourth-order valence-corrected chi connectivity index (χ4v) is 2.02. The summed E-state index contributed by atoms with van der Waals surface area (Å²) in [5.41, 5.74) is -0.576. The van der Waals surface area contributed by atoms with Crippen LogP contribution in [-0.2, 0) is 4.79 Å². The molecule has 1 aliphatic carbocycles. The highest BCUT2D eigenvalue weighted by Crippen LogP contribution is 2.63. The minimum Gasteiger partial charge on any atom is -0.356 e. The minimum absolute atomic E-state index is 0.0249. The van der Waals surface area contributed by atoms with Gasteiger partial charge in [-0.1, -0.05) is 13.8 Å². The van der Waals surface area contributed by atoms with Gasteiger partial charge in [0.1, 0.15) is 4.33 Å². The van der Waals surface area contributed by atoms with Gasteiger partial charge in [0.05, 0.1) is 5.41 Å². The van der Waals surface area contributed by atoms with Crippen molar-refractivity contribution >= 4 is 29.1 Å². The molecule has 2 nitrogen and oxygen atoms in total. The Morgan fingerprint density at radius 1 is 1.50 bits per heavy atom. The van der Waals surface area contributed by atoms with E-state index in [0.717, 1.165) is 6.42 Å². The first-order valence-electron chi connectivity index (χ1n) is 4.96. The van der Waals surface area contributed by atoms with Crippen molar-refractivity contribution in [2.75, 3.05) is 6.54 Å². The Balaban J connectivity index is 2.31. The molecule has 0 aromatic rings. The largest absolute Gasteiger partial charge is 0.356 e. The molecule has 14 heavy (non-hydrogen) atoms. The highest BCUT2D eigenvalue weighted by Gasteiger charge is 2.67. The topological polar surface area (TPSA) is 29.1 Å². The van der Waals surface area contributed by atoms with Gasteiger partial charge in [-0.25, -0.2) is 0 Å². The first-order valence-corrected chi connectivity index (χ1v) is 5.71. The smallest absolute Gasteiger partial charge is 0.229 e. The molecule has 0 aromatic carbocycles. The average Bonchev–Trinajstić information content (AvgIpc) is 2.51. The van der Waals surface area contributed by atoms with Crippen molar-refractivity contribution in [1.29, 1.82) is 0 Å². The van der Waals surface area contributed by atoms with Gasteiger partial charge < -0.3 is 5.32 Å². The van der Waals surface area contributed by atoms with E-state index in [0.29, 0.717) is 18.9 Å². The Labute approximate surface area is 95.3 Å². The molecule has 1 saturated carbocycles. The van der Waals surface area contributed by atoms with Gasteiger partial charge in [0.15, 0.2) is 0 Å². The third-order valence-corrected chi connectivity index (χ3v) is 3.87. The van der Waals surface area contributed by atoms with Crippen molar-refractivity contribution in [3.63, 3.8) is 0 Å². The van der Waals surface area contributed by atoms with E-state index in [1.54, 1.807) is 6.92 Å². The minimum atomic E-state index is -0.852. The van der Waals surface area contributed by atoms with E-state index in [1.807, 2.05) is 0 Å². The van der Waals surface area contributed by atoms with E-state index in [4.69, 9.17) is 23.2 Å². The van der Waals surface area contributed by atoms with Gasteiger partial charge in [0.25, 0.3) is 0 Å². The number of carbonyl (C=O) groups is 1. The first-order chi connectivity index (χ1) is 6.29. The Morgan fingerprint density at radius 3 is 2.36 bits per heavy atom. The molecule has 0 spiro atoms. The maximum atomic E-state index is 11.6. The number of alkyl halides is 2. The molecule has 1 N–H and O–H groups in total. The molecular formula is C10H17Cl2NO. The van der Waals surface area contributed by atoms with Gasteiger partial charge in [-0.05, 0) is 25.7 Å². The Bertz CT molecular complexity index is 240. The lowest BCUT2D eigenvalue weighted by Crippen LogP contribution is -2.34. The SMILES string of the molecule is CC(C)CCNC(=O)[C@]1(C)CC1(Cl)Cl. The third-order valence-electron chi connectivity index (χ3n) is 2.77. The van der Waals surface area contributed by atoms with Gasteiger partial charge >= 0.3 is 0 Å². The summed E-state index contributed by atoms with van der Waals surface area (Å²) < 4.78 is -0.852. The maximum Gasteiger partial charge on any atom is 0.229 e. The number of hydrogen-bond acceptors (Lipinski definition) is 1. The molecule has 0 saturated heterocycles. The predicted molar refractivity (Wildman–Crippen MR) is 59.6 cm³/mol. The zero-order chi connectivity index (χ0) is 11.0. The normalized spacial score (nSPS) is 29.0. The lowest BCUT2D eigenvalue weighted by molar-refractivity contribution is -0.125. The van der Waals surface area contributed by atoms with Crippen LogP contribution in [-0.4, -0.2) is 16.8 Å². The Morgan fingerprint density at radius 2 is 2.00 bits per heavy atom. The molecule has 0 heterocycles. The summed E-state index contributed by atoms with van der Waals surface area (Å²) in [6.45, 7) is 6.75. The third kappa shape index (κ3) is 2.34. The van der Waals surface area contributed by atoms with Gasteiger partial charge in [-0.3, -0.25) is 4.79 Å². The average molecular weight is 238 g/mol. The van der Waals surface area contributed by atoms with Crippen LogP contribution in [0.25, 0.3) is 0 Å². The molecule has 0 aliphatic heterocycles. The molecule has 0 aromatic heterocycles. The monoisotopic (exact) mass is 237 g/mol. The van der Waals surface area contributed by atoms with Crippen molar-refractivity contribution < 1.29 is 4.79 Å². The number of amides is 1. The summed E-state index contributed by atoms with van der Waals surface area (Å²) in [5, 5.41) is 2.86. The summed E-state index contributed by atoms with van der Waals surface area (Å²) in [7, 11) is 0. The second kappa shape index (κ2) is 3.90. The van der Waals surface area contributed by atoms with Crippen LogP contribution in [0, 0.1) is 11.3 Å². The van der Waals surface area contributed by atoms with E-state index in [2.05, 4.69) is 19.2 Å². The molecule has 1 fully saturated rings. The molecule has 0 unspecified atom stereocenters. The highest BCUT2D eigenvalue weighted by molar-refractivity contribution is 6.53. The summed E-state index contributed by atoms with van der Waals surface area (Å²) in [6, 6.07) is 0. The van der Waals surface area contributed by atoms with Crippen LogP contribution in [0.3, 0.4) is 0 Å². The molecule has 82 valence electrons. The van der Waals surface area contributed by atoms with Crippen molar-refractivity contribution in [2.45, 2.75) is 37.9 Å². The predicted octanol–water partition coefficient (Wildman–Crippen LogP) is 2.73. The quantitative estimate of drug-likeness (QED) is 0.749. The van der Waals surface area contributed by atoms with Crippen LogP contribution < -0.4 is 5.32 Å². The van der Waals surface area contributed by atoms with E-state index in [-0.39, 0.29) is 5.91 Å². The highest BCUT2D eigenvalue weighted by atomic mass is 35.5. The number of hydrogen-bond donors (Lipinski definition) is 1. The molecule has 1 rings (SSSR count). The molecule has 1 atom stereocenters. The van der Waals surface area contributed by atoms with E-state index >= 15 is 0 Å². The fourth-order valence-electron chi connectivity index (χ4n) is 1.32. The van der Waals surface area contributed by atoms with Gasteiger partial charge in [-0.2, -0.15) is 0 Å². The molecule has 0 bridgehead atoms. The van der Waals surface area contributed by atoms with Gasteiger partial charge in [0, 0.05) is 6.54 Å². The van der Waals surface area contributed by atoms with Crippen LogP contribution in [0.1, 0.15) is 33.6 Å². The van der Waals surface area contributed by atoms with Crippen molar-refractivity contribution in [1.82, 2.24) is 5.32 Å². The number of carbonyl (C=O) groups excluding carboxylic acids is 1. The second-order valence-corrected chi connectivity index (χ2v) is 6.14. The lowest BCUT2D eigenvalue weighted by Gasteiger charge is -2.13. The number of halogens is 2. The standard InChI is InChI=1S/C10H17Cl2NO/c1-7(2)4-5-13-8(14)9(3)6-10(9,11)12/h7H,4-6H2,1-3H3,(H,13,14)/t9-/m0/s1. The molecule has 4 heteroatoms. The maximum absolute atomic E-state index is 11.6. The van der Waals surface area contributed by atoms with E-state index in [9.17, 15) is 4.79 Å². The molecule has 1 amide bonds. The van der Waals surface area contributed by atoms with Crippen LogP contribution >= 0.6 is 23.2 Å². The van der Waals surface area contributed by atoms with E-state index in [1.165, 1.54) is 0 Å². The van der Waals surface area contributed by atoms with Crippen molar-refractivity contribution in [3.8, 4) is 0 Å². The number of nitrogens with one attached hydrogen (secondary N) is 1. The Kier molecular flexibility index (Phi) is 3.37. The summed E-state index contributed by atoms with van der Waals surface area (Å²) in [5.74, 6) is 0.571. The first kappa shape index (κ1) is 12.1. The van der Waals surface area contributed by atoms with Crippen molar-refractivity contribution in [3.05, 3.63) is 0 Å². The summed E-state index contributed by atoms with van der Waals surface area (Å²) in [4.78, 5) is 11.6. The van der Waals surface area contributed by atoms with E-state index < -0.39 is 9.75 Å². The van der Waals surface area contributed by atoms with Gasteiger partial charge in [0.2, 0.25) is 5.91 Å². The van der Waals surface area contributed by atoms with Crippen LogP contribution in [0.15, 0.2) is 0 Å². The Hall–Kier alpha value is 0.0500. The molecule has 0 radical (unpaired) electrons. The zero-order valence-electron chi connectivity index (χ0n) is 8.86. The van der Waals surface area contributed by atoms with Gasteiger partial charge in [-0.15, -0.1) is 23.2 Å². The van der Waals surface area contributed by atoms with Crippen molar-refractivity contribution in [2.24, 2.45) is 11.3 Å². The summed E-state index contributed by atoms with van der Waals surface area (Å²) in [6.07, 6.45) is 1.54. The zero-order valence-corrected chi connectivity index (χ0v) is 10.4. The summed E-state index contributed by atoms with van der Waals surface area (Å²) >= 11 is 11.8. The van der Waals surface area contributed by atoms with Crippen LogP contribution in [0.2, 0.25) is 0 Å². The van der Waals surface area contributed by atoms with Crippen LogP contribution in [0.4, 0.5) is 0 Å². The number of rotatable bonds is 4. The molecule has 1 aliphatic rings. The molecular weight excluding hydrogens is 221 g/mol.